The number of hydrogen-bond acceptors (Lipinski definition) is 3. The lowest BCUT2D eigenvalue weighted by atomic mass is 10.1. The Bertz CT molecular complexity index is 641. The highest BCUT2D eigenvalue weighted by Crippen LogP contribution is 2.26. The van der Waals surface area contributed by atoms with Crippen LogP contribution < -0.4 is 11.1 Å². The van der Waals surface area contributed by atoms with Gasteiger partial charge in [0.1, 0.15) is 5.82 Å². The van der Waals surface area contributed by atoms with Crippen LogP contribution >= 0.6 is 0 Å². The van der Waals surface area contributed by atoms with E-state index >= 15 is 0 Å². The number of nitrogens with one attached hydrogen (secondary N) is 1. The van der Waals surface area contributed by atoms with Crippen molar-refractivity contribution < 1.29 is 14.3 Å². The van der Waals surface area contributed by atoms with Crippen molar-refractivity contribution in [3.63, 3.8) is 0 Å². The van der Waals surface area contributed by atoms with Gasteiger partial charge in [-0.15, -0.1) is 0 Å². The molecule has 0 radical (unpaired) electrons. The van der Waals surface area contributed by atoms with Gasteiger partial charge >= 0.3 is 5.97 Å². The topological polar surface area (TPSA) is 75.3 Å². The van der Waals surface area contributed by atoms with E-state index in [4.69, 9.17) is 10.8 Å². The Balaban J connectivity index is 2.31. The van der Waals surface area contributed by atoms with Gasteiger partial charge in [-0.1, -0.05) is 0 Å². The number of aryl methyl sites for hydroxylation is 1. The molecule has 0 fully saturated rings. The van der Waals surface area contributed by atoms with Crippen LogP contribution in [0.4, 0.5) is 21.5 Å². The molecule has 0 spiro atoms. The predicted octanol–water partition coefficient (Wildman–Crippen LogP) is 3.16. The number of halogens is 1. The minimum Gasteiger partial charge on any atom is -0.478 e. The molecule has 0 aromatic heterocycles. The van der Waals surface area contributed by atoms with Crippen molar-refractivity contribution in [1.82, 2.24) is 0 Å². The minimum atomic E-state index is -1.03. The van der Waals surface area contributed by atoms with Gasteiger partial charge in [0.2, 0.25) is 0 Å². The van der Waals surface area contributed by atoms with Gasteiger partial charge in [0, 0.05) is 5.69 Å². The van der Waals surface area contributed by atoms with Crippen molar-refractivity contribution in [1.29, 1.82) is 0 Å². The molecule has 0 saturated carbocycles. The second-order valence-corrected chi connectivity index (χ2v) is 4.19. The molecule has 2 aromatic rings. The Morgan fingerprint density at radius 2 is 1.89 bits per heavy atom. The summed E-state index contributed by atoms with van der Waals surface area (Å²) >= 11 is 0. The fourth-order valence-electron chi connectivity index (χ4n) is 1.72. The zero-order chi connectivity index (χ0) is 14.0. The van der Waals surface area contributed by atoms with E-state index in [1.54, 1.807) is 19.1 Å². The summed E-state index contributed by atoms with van der Waals surface area (Å²) in [5.74, 6) is -1.34. The zero-order valence-corrected chi connectivity index (χ0v) is 10.3. The van der Waals surface area contributed by atoms with E-state index in [0.717, 1.165) is 11.3 Å². The summed E-state index contributed by atoms with van der Waals surface area (Å²) in [6, 6.07) is 8.78. The standard InChI is InChI=1S/C14H13FN2O2/c1-8-6-10(15)3-5-12(8)17-13-4-2-9(14(18)19)7-11(13)16/h2-7,17H,16H2,1H3,(H,18,19). The second-order valence-electron chi connectivity index (χ2n) is 4.19. The van der Waals surface area contributed by atoms with E-state index < -0.39 is 5.97 Å². The summed E-state index contributed by atoms with van der Waals surface area (Å²) < 4.78 is 13.0. The maximum Gasteiger partial charge on any atom is 0.335 e. The fourth-order valence-corrected chi connectivity index (χ4v) is 1.72. The third-order valence-corrected chi connectivity index (χ3v) is 2.76. The van der Waals surface area contributed by atoms with E-state index in [1.807, 2.05) is 0 Å². The number of hydrogen-bond donors (Lipinski definition) is 3. The van der Waals surface area contributed by atoms with Crippen molar-refractivity contribution in [2.24, 2.45) is 0 Å². The van der Waals surface area contributed by atoms with Gasteiger partial charge in [0.25, 0.3) is 0 Å². The largest absolute Gasteiger partial charge is 0.478 e. The van der Waals surface area contributed by atoms with Crippen LogP contribution in [0, 0.1) is 12.7 Å². The molecular formula is C14H13FN2O2. The molecule has 2 aromatic carbocycles. The third-order valence-electron chi connectivity index (χ3n) is 2.76. The maximum absolute atomic E-state index is 13.0. The summed E-state index contributed by atoms with van der Waals surface area (Å²) in [6.45, 7) is 1.77. The number of anilines is 3. The van der Waals surface area contributed by atoms with E-state index in [-0.39, 0.29) is 11.4 Å². The number of carboxylic acids is 1. The SMILES string of the molecule is Cc1cc(F)ccc1Nc1ccc(C(=O)O)cc1N. The molecule has 98 valence electrons. The third kappa shape index (κ3) is 2.82. The zero-order valence-electron chi connectivity index (χ0n) is 10.3. The molecule has 5 heteroatoms. The average Bonchev–Trinajstić information content (AvgIpc) is 2.34. The Hall–Kier alpha value is -2.56. The average molecular weight is 260 g/mol. The summed E-state index contributed by atoms with van der Waals surface area (Å²) in [4.78, 5) is 10.8. The molecule has 0 aliphatic heterocycles. The lowest BCUT2D eigenvalue weighted by Crippen LogP contribution is -2.02. The summed E-state index contributed by atoms with van der Waals surface area (Å²) in [5.41, 5.74) is 8.27. The van der Waals surface area contributed by atoms with Gasteiger partial charge < -0.3 is 16.2 Å². The summed E-state index contributed by atoms with van der Waals surface area (Å²) in [7, 11) is 0. The number of nitrogen functional groups attached to an aromatic ring is 1. The Labute approximate surface area is 109 Å². The number of benzene rings is 2. The van der Waals surface area contributed by atoms with E-state index in [0.29, 0.717) is 11.4 Å². The molecule has 0 bridgehead atoms. The van der Waals surface area contributed by atoms with Gasteiger partial charge in [-0.05, 0) is 48.9 Å². The fraction of sp³-hybridized carbons (Fsp3) is 0.0714. The van der Waals surface area contributed by atoms with Crippen molar-refractivity contribution in [3.8, 4) is 0 Å². The number of nitrogens with two attached hydrogens (primary N) is 1. The highest BCUT2D eigenvalue weighted by molar-refractivity contribution is 5.90. The monoisotopic (exact) mass is 260 g/mol. The minimum absolute atomic E-state index is 0.124. The predicted molar refractivity (Wildman–Crippen MR) is 72.2 cm³/mol. The highest BCUT2D eigenvalue weighted by Gasteiger charge is 2.07. The van der Waals surface area contributed by atoms with Crippen LogP contribution in [-0.4, -0.2) is 11.1 Å². The molecule has 2 rings (SSSR count). The van der Waals surface area contributed by atoms with Gasteiger partial charge in [0.05, 0.1) is 16.9 Å². The van der Waals surface area contributed by atoms with E-state index in [2.05, 4.69) is 5.32 Å². The molecule has 0 atom stereocenters. The number of rotatable bonds is 3. The van der Waals surface area contributed by atoms with Gasteiger partial charge in [-0.25, -0.2) is 9.18 Å². The summed E-state index contributed by atoms with van der Waals surface area (Å²) in [5, 5.41) is 11.9. The number of aromatic carboxylic acids is 1. The number of carbonyl (C=O) groups is 1. The first-order chi connectivity index (χ1) is 8.97. The first-order valence-electron chi connectivity index (χ1n) is 5.63. The first-order valence-corrected chi connectivity index (χ1v) is 5.63. The van der Waals surface area contributed by atoms with Crippen molar-refractivity contribution in [2.45, 2.75) is 6.92 Å². The molecule has 0 heterocycles. The van der Waals surface area contributed by atoms with Crippen molar-refractivity contribution >= 4 is 23.0 Å². The normalized spacial score (nSPS) is 10.2. The molecule has 4 N–H and O–H groups in total. The molecular weight excluding hydrogens is 247 g/mol. The number of carboxylic acid groups (broad SMARTS) is 1. The van der Waals surface area contributed by atoms with Crippen LogP contribution in [0.5, 0.6) is 0 Å². The van der Waals surface area contributed by atoms with E-state index in [9.17, 15) is 9.18 Å². The maximum atomic E-state index is 13.0. The molecule has 0 aliphatic rings. The molecule has 0 amide bonds. The van der Waals surface area contributed by atoms with Gasteiger partial charge in [-0.3, -0.25) is 0 Å². The molecule has 0 unspecified atom stereocenters. The van der Waals surface area contributed by atoms with Crippen LogP contribution in [0.3, 0.4) is 0 Å². The molecule has 0 aliphatic carbocycles. The van der Waals surface area contributed by atoms with Crippen molar-refractivity contribution in [3.05, 3.63) is 53.3 Å². The Kier molecular flexibility index (Phi) is 3.37. The highest BCUT2D eigenvalue weighted by atomic mass is 19.1. The van der Waals surface area contributed by atoms with Crippen LogP contribution in [0.25, 0.3) is 0 Å². The van der Waals surface area contributed by atoms with Crippen LogP contribution in [0.15, 0.2) is 36.4 Å². The Morgan fingerprint density at radius 3 is 2.47 bits per heavy atom. The van der Waals surface area contributed by atoms with Gasteiger partial charge in [0.15, 0.2) is 0 Å². The van der Waals surface area contributed by atoms with E-state index in [1.165, 1.54) is 24.3 Å². The summed E-state index contributed by atoms with van der Waals surface area (Å²) in [6.07, 6.45) is 0. The quantitative estimate of drug-likeness (QED) is 0.741. The molecule has 0 saturated heterocycles. The second kappa shape index (κ2) is 4.97. The van der Waals surface area contributed by atoms with Gasteiger partial charge in [-0.2, -0.15) is 0 Å². The van der Waals surface area contributed by atoms with Crippen LogP contribution in [0.2, 0.25) is 0 Å². The Morgan fingerprint density at radius 1 is 1.21 bits per heavy atom. The first kappa shape index (κ1) is 12.9. The lowest BCUT2D eigenvalue weighted by molar-refractivity contribution is 0.0697. The van der Waals surface area contributed by atoms with Crippen molar-refractivity contribution in [2.75, 3.05) is 11.1 Å². The smallest absolute Gasteiger partial charge is 0.335 e. The lowest BCUT2D eigenvalue weighted by Gasteiger charge is -2.12. The molecule has 4 nitrogen and oxygen atoms in total. The van der Waals surface area contributed by atoms with Crippen LogP contribution in [0.1, 0.15) is 15.9 Å². The van der Waals surface area contributed by atoms with Crippen LogP contribution in [-0.2, 0) is 0 Å². The molecule has 19 heavy (non-hydrogen) atoms.